The highest BCUT2D eigenvalue weighted by molar-refractivity contribution is 7.76. The molecule has 2 aliphatic carbocycles. The van der Waals surface area contributed by atoms with E-state index in [0.29, 0.717) is 0 Å². The molecule has 1 N–H and O–H groups in total. The molecule has 2 rings (SSSR count). The third-order valence-electron chi connectivity index (χ3n) is 5.70. The highest BCUT2D eigenvalue weighted by atomic mass is 31.1. The molecule has 0 amide bonds. The van der Waals surface area contributed by atoms with Gasteiger partial charge < -0.3 is 9.80 Å². The van der Waals surface area contributed by atoms with Gasteiger partial charge in [0, 0.05) is 5.54 Å². The molecule has 0 aromatic rings. The van der Waals surface area contributed by atoms with Gasteiger partial charge in [0.1, 0.15) is 5.58 Å². The van der Waals surface area contributed by atoms with Crippen molar-refractivity contribution >= 4 is 13.5 Å². The monoisotopic (exact) mass is 382 g/mol. The second-order valence-electron chi connectivity index (χ2n) is 10.6. The van der Waals surface area contributed by atoms with Crippen LogP contribution in [0.25, 0.3) is 0 Å². The number of aliphatic imine (C=N–C) groups is 1. The first-order chi connectivity index (χ1) is 12.2. The van der Waals surface area contributed by atoms with Crippen molar-refractivity contribution in [3.63, 3.8) is 0 Å². The third-order valence-corrected chi connectivity index (χ3v) is 9.05. The quantitative estimate of drug-likeness (QED) is 0.276. The number of amidine groups is 1. The molecule has 0 aromatic heterocycles. The van der Waals surface area contributed by atoms with Crippen molar-refractivity contribution in [2.24, 2.45) is 4.99 Å². The summed E-state index contributed by atoms with van der Waals surface area (Å²) in [6.45, 7) is 8.99. The molecule has 152 valence electrons. The van der Waals surface area contributed by atoms with Crippen LogP contribution in [0.15, 0.2) is 4.99 Å². The molecular weight excluding hydrogens is 337 g/mol. The van der Waals surface area contributed by atoms with Crippen LogP contribution in [0.5, 0.6) is 0 Å². The normalized spacial score (nSPS) is 22.0. The van der Waals surface area contributed by atoms with Gasteiger partial charge in [-0.2, -0.15) is 0 Å². The summed E-state index contributed by atoms with van der Waals surface area (Å²) in [6.07, 6.45) is 14.5. The zero-order valence-electron chi connectivity index (χ0n) is 18.5. The van der Waals surface area contributed by atoms with E-state index in [-0.39, 0.29) is 13.5 Å². The summed E-state index contributed by atoms with van der Waals surface area (Å²) in [5, 5.41) is 3.91. The summed E-state index contributed by atoms with van der Waals surface area (Å²) in [7, 11) is 6.69. The number of quaternary nitrogens is 1. The van der Waals surface area contributed by atoms with Gasteiger partial charge in [-0.25, -0.2) is 0 Å². The van der Waals surface area contributed by atoms with Crippen LogP contribution in [-0.4, -0.2) is 61.1 Å². The largest absolute Gasteiger partial charge is 0.366 e. The molecule has 0 radical (unpaired) electrons. The van der Waals surface area contributed by atoms with Crippen molar-refractivity contribution in [1.82, 2.24) is 5.32 Å². The van der Waals surface area contributed by atoms with Crippen LogP contribution >= 0.6 is 7.92 Å². The van der Waals surface area contributed by atoms with Crippen LogP contribution in [0, 0.1) is 0 Å². The van der Waals surface area contributed by atoms with Gasteiger partial charge in [0.25, 0.3) is 0 Å². The Labute approximate surface area is 164 Å². The molecule has 2 aliphatic rings. The fourth-order valence-electron chi connectivity index (χ4n) is 4.34. The van der Waals surface area contributed by atoms with Crippen LogP contribution in [-0.2, 0) is 0 Å². The SMILES string of the molecule is CC(C)(C)NC(=NCC[N+](C)(C)C)P(C1CCCCC1)C1CCCCC1. The minimum Gasteiger partial charge on any atom is -0.366 e. The number of hydrogen-bond donors (Lipinski definition) is 1. The Morgan fingerprint density at radius 1 is 0.885 bits per heavy atom. The average Bonchev–Trinajstić information content (AvgIpc) is 2.54. The Bertz CT molecular complexity index is 417. The van der Waals surface area contributed by atoms with Crippen molar-refractivity contribution in [2.75, 3.05) is 34.2 Å². The smallest absolute Gasteiger partial charge is 0.120 e. The van der Waals surface area contributed by atoms with Gasteiger partial charge in [-0.15, -0.1) is 0 Å². The van der Waals surface area contributed by atoms with Crippen molar-refractivity contribution in [1.29, 1.82) is 0 Å². The lowest BCUT2D eigenvalue weighted by molar-refractivity contribution is -0.868. The molecule has 26 heavy (non-hydrogen) atoms. The minimum absolute atomic E-state index is 0.110. The van der Waals surface area contributed by atoms with E-state index in [1.807, 2.05) is 0 Å². The zero-order chi connectivity index (χ0) is 19.2. The van der Waals surface area contributed by atoms with E-state index in [1.54, 1.807) is 0 Å². The Morgan fingerprint density at radius 3 is 1.73 bits per heavy atom. The van der Waals surface area contributed by atoms with Crippen molar-refractivity contribution in [3.8, 4) is 0 Å². The maximum atomic E-state index is 5.26. The Morgan fingerprint density at radius 2 is 1.35 bits per heavy atom. The first-order valence-corrected chi connectivity index (χ1v) is 12.6. The Kier molecular flexibility index (Phi) is 8.41. The van der Waals surface area contributed by atoms with Crippen LogP contribution < -0.4 is 5.32 Å². The molecule has 0 atom stereocenters. The first kappa shape index (κ1) is 22.2. The van der Waals surface area contributed by atoms with Gasteiger partial charge in [0.05, 0.1) is 34.2 Å². The molecule has 2 fully saturated rings. The van der Waals surface area contributed by atoms with Gasteiger partial charge in [0.15, 0.2) is 0 Å². The molecule has 3 nitrogen and oxygen atoms in total. The number of nitrogens with zero attached hydrogens (tertiary/aromatic N) is 2. The summed E-state index contributed by atoms with van der Waals surface area (Å²) in [6, 6.07) is 0. The maximum absolute atomic E-state index is 5.26. The molecule has 4 heteroatoms. The van der Waals surface area contributed by atoms with E-state index in [9.17, 15) is 0 Å². The van der Waals surface area contributed by atoms with E-state index in [4.69, 9.17) is 4.99 Å². The first-order valence-electron chi connectivity index (χ1n) is 11.1. The van der Waals surface area contributed by atoms with Crippen molar-refractivity contribution in [2.45, 2.75) is 102 Å². The van der Waals surface area contributed by atoms with Crippen LogP contribution in [0.1, 0.15) is 85.0 Å². The Balaban J connectivity index is 2.23. The van der Waals surface area contributed by atoms with Gasteiger partial charge >= 0.3 is 0 Å². The molecule has 0 bridgehead atoms. The zero-order valence-corrected chi connectivity index (χ0v) is 19.4. The lowest BCUT2D eigenvalue weighted by atomic mass is 9.99. The minimum atomic E-state index is -0.140. The standard InChI is InChI=1S/C22H45N3P/c1-22(2,3)24-21(23-17-18-25(4,5)6)26(19-13-9-7-10-14-19)20-15-11-8-12-16-20/h19-20H,7-18H2,1-6H3,(H,23,24)/q+1. The summed E-state index contributed by atoms with van der Waals surface area (Å²) in [5.74, 6) is 0. The molecule has 2 saturated carbocycles. The number of hydrogen-bond acceptors (Lipinski definition) is 1. The number of rotatable bonds is 6. The molecule has 0 aromatic carbocycles. The highest BCUT2D eigenvalue weighted by Crippen LogP contribution is 2.56. The van der Waals surface area contributed by atoms with Crippen molar-refractivity contribution in [3.05, 3.63) is 0 Å². The van der Waals surface area contributed by atoms with E-state index < -0.39 is 0 Å². The van der Waals surface area contributed by atoms with Crippen molar-refractivity contribution < 1.29 is 4.48 Å². The molecule has 0 saturated heterocycles. The van der Waals surface area contributed by atoms with E-state index >= 15 is 0 Å². The number of likely N-dealkylation sites (N-methyl/N-ethyl adjacent to an activating group) is 1. The summed E-state index contributed by atoms with van der Waals surface area (Å²) in [4.78, 5) is 5.26. The molecule has 0 unspecified atom stereocenters. The predicted octanol–water partition coefficient (Wildman–Crippen LogP) is 5.58. The van der Waals surface area contributed by atoms with E-state index in [2.05, 4.69) is 47.2 Å². The topological polar surface area (TPSA) is 24.4 Å². The fraction of sp³-hybridized carbons (Fsp3) is 0.955. The van der Waals surface area contributed by atoms with E-state index in [1.165, 1.54) is 69.8 Å². The Hall–Kier alpha value is -0.140. The van der Waals surface area contributed by atoms with Gasteiger partial charge in [0.2, 0.25) is 0 Å². The van der Waals surface area contributed by atoms with Gasteiger partial charge in [-0.1, -0.05) is 38.5 Å². The summed E-state index contributed by atoms with van der Waals surface area (Å²) in [5.41, 5.74) is 3.36. The molecule has 0 aliphatic heterocycles. The lowest BCUT2D eigenvalue weighted by Gasteiger charge is -2.41. The van der Waals surface area contributed by atoms with Crippen LogP contribution in [0.3, 0.4) is 0 Å². The van der Waals surface area contributed by atoms with Gasteiger partial charge in [-0.05, 0) is 65.7 Å². The molecule has 0 heterocycles. The maximum Gasteiger partial charge on any atom is 0.120 e. The second-order valence-corrected chi connectivity index (χ2v) is 13.3. The van der Waals surface area contributed by atoms with Crippen LogP contribution in [0.2, 0.25) is 0 Å². The highest BCUT2D eigenvalue weighted by Gasteiger charge is 2.35. The molecule has 0 spiro atoms. The van der Waals surface area contributed by atoms with E-state index in [0.717, 1.165) is 28.9 Å². The summed E-state index contributed by atoms with van der Waals surface area (Å²) >= 11 is 0. The fourth-order valence-corrected chi connectivity index (χ4v) is 8.20. The van der Waals surface area contributed by atoms with Gasteiger partial charge in [-0.3, -0.25) is 4.99 Å². The predicted molar refractivity (Wildman–Crippen MR) is 119 cm³/mol. The second kappa shape index (κ2) is 9.87. The average molecular weight is 383 g/mol. The van der Waals surface area contributed by atoms with Crippen LogP contribution in [0.4, 0.5) is 0 Å². The molecular formula is C22H45N3P+. The number of nitrogens with one attached hydrogen (secondary N) is 1. The summed E-state index contributed by atoms with van der Waals surface area (Å²) < 4.78 is 0.997. The lowest BCUT2D eigenvalue weighted by Crippen LogP contribution is -2.43. The third kappa shape index (κ3) is 7.85.